The van der Waals surface area contributed by atoms with Crippen molar-refractivity contribution in [2.45, 2.75) is 71.5 Å². The molecule has 0 aliphatic carbocycles. The van der Waals surface area contributed by atoms with Crippen LogP contribution in [0.4, 0.5) is 4.79 Å². The minimum absolute atomic E-state index is 0.123. The van der Waals surface area contributed by atoms with Crippen molar-refractivity contribution in [3.8, 4) is 0 Å². The van der Waals surface area contributed by atoms with Crippen LogP contribution in [-0.4, -0.2) is 66.3 Å². The highest BCUT2D eigenvalue weighted by atomic mass is 16.6. The molecule has 2 atom stereocenters. The lowest BCUT2D eigenvalue weighted by Gasteiger charge is -2.31. The highest BCUT2D eigenvalue weighted by molar-refractivity contribution is 5.80. The summed E-state index contributed by atoms with van der Waals surface area (Å²) in [4.78, 5) is 28.8. The first-order chi connectivity index (χ1) is 11.8. The minimum atomic E-state index is -0.508. The third-order valence-electron chi connectivity index (χ3n) is 4.69. The van der Waals surface area contributed by atoms with E-state index >= 15 is 0 Å². The van der Waals surface area contributed by atoms with E-state index in [1.54, 1.807) is 4.90 Å². The second kappa shape index (κ2) is 8.88. The van der Waals surface area contributed by atoms with Crippen LogP contribution < -0.4 is 0 Å². The van der Waals surface area contributed by atoms with Gasteiger partial charge >= 0.3 is 6.09 Å². The van der Waals surface area contributed by atoms with Gasteiger partial charge in [-0.3, -0.25) is 4.79 Å². The third-order valence-corrected chi connectivity index (χ3v) is 4.69. The normalized spacial score (nSPS) is 24.2. The Kier molecular flexibility index (Phi) is 7.11. The minimum Gasteiger partial charge on any atom is -0.444 e. The molecule has 0 N–H and O–H groups in total. The average molecular weight is 354 g/mol. The van der Waals surface area contributed by atoms with Gasteiger partial charge in [-0.05, 0) is 52.9 Å². The number of carbonyl (C=O) groups excluding carboxylic acids is 2. The summed E-state index contributed by atoms with van der Waals surface area (Å²) >= 11 is 0. The van der Waals surface area contributed by atoms with E-state index in [0.717, 1.165) is 32.4 Å². The van der Waals surface area contributed by atoms with Crippen LogP contribution >= 0.6 is 0 Å². The summed E-state index contributed by atoms with van der Waals surface area (Å²) in [5, 5.41) is 0. The summed E-state index contributed by atoms with van der Waals surface area (Å²) in [5.41, 5.74) is -0.508. The van der Waals surface area contributed by atoms with Crippen LogP contribution in [-0.2, 0) is 14.3 Å². The predicted octanol–water partition coefficient (Wildman–Crippen LogP) is 3.05. The van der Waals surface area contributed by atoms with E-state index in [2.05, 4.69) is 6.92 Å². The quantitative estimate of drug-likeness (QED) is 0.761. The second-order valence-corrected chi connectivity index (χ2v) is 8.18. The average Bonchev–Trinajstić information content (AvgIpc) is 3.03. The summed E-state index contributed by atoms with van der Waals surface area (Å²) < 4.78 is 11.2. The molecule has 25 heavy (non-hydrogen) atoms. The van der Waals surface area contributed by atoms with Gasteiger partial charge in [-0.1, -0.05) is 6.92 Å². The molecule has 6 nitrogen and oxygen atoms in total. The van der Waals surface area contributed by atoms with E-state index < -0.39 is 5.60 Å². The Morgan fingerprint density at radius 1 is 1.24 bits per heavy atom. The fourth-order valence-electron chi connectivity index (χ4n) is 3.47. The van der Waals surface area contributed by atoms with Gasteiger partial charge in [0.15, 0.2) is 0 Å². The lowest BCUT2D eigenvalue weighted by Crippen LogP contribution is -2.44. The van der Waals surface area contributed by atoms with E-state index in [-0.39, 0.29) is 24.0 Å². The molecule has 0 aromatic rings. The van der Waals surface area contributed by atoms with Crippen molar-refractivity contribution in [1.29, 1.82) is 0 Å². The van der Waals surface area contributed by atoms with Gasteiger partial charge in [0, 0.05) is 32.8 Å². The van der Waals surface area contributed by atoms with Crippen molar-refractivity contribution in [2.75, 3.05) is 32.8 Å². The second-order valence-electron chi connectivity index (χ2n) is 8.18. The summed E-state index contributed by atoms with van der Waals surface area (Å²) in [6.07, 6.45) is 4.81. The number of hydrogen-bond acceptors (Lipinski definition) is 4. The smallest absolute Gasteiger partial charge is 0.410 e. The van der Waals surface area contributed by atoms with Crippen LogP contribution in [0.5, 0.6) is 0 Å². The Labute approximate surface area is 151 Å². The SMILES string of the molecule is CCCN(CC1CCCCO1)C(=O)C1CCN(C(=O)OC(C)(C)C)C1. The van der Waals surface area contributed by atoms with Gasteiger partial charge in [-0.2, -0.15) is 0 Å². The van der Waals surface area contributed by atoms with Crippen LogP contribution in [0, 0.1) is 5.92 Å². The van der Waals surface area contributed by atoms with Gasteiger partial charge in [0.25, 0.3) is 0 Å². The standard InChI is InChI=1S/C19H34N2O4/c1-5-10-20(14-16-8-6-7-12-24-16)17(22)15-9-11-21(13-15)18(23)25-19(2,3)4/h15-16H,5-14H2,1-4H3. The van der Waals surface area contributed by atoms with Crippen molar-refractivity contribution in [1.82, 2.24) is 9.80 Å². The molecule has 0 bridgehead atoms. The highest BCUT2D eigenvalue weighted by Gasteiger charge is 2.36. The lowest BCUT2D eigenvalue weighted by molar-refractivity contribution is -0.137. The molecule has 2 aliphatic rings. The molecule has 0 saturated carbocycles. The Morgan fingerprint density at radius 2 is 2.00 bits per heavy atom. The molecule has 144 valence electrons. The maximum absolute atomic E-state index is 13.0. The number of hydrogen-bond donors (Lipinski definition) is 0. The molecule has 2 aliphatic heterocycles. The van der Waals surface area contributed by atoms with E-state index in [1.165, 1.54) is 6.42 Å². The number of nitrogens with zero attached hydrogens (tertiary/aromatic N) is 2. The molecule has 2 rings (SSSR count). The topological polar surface area (TPSA) is 59.1 Å². The van der Waals surface area contributed by atoms with Crippen LogP contribution in [0.25, 0.3) is 0 Å². The van der Waals surface area contributed by atoms with Crippen molar-refractivity contribution >= 4 is 12.0 Å². The van der Waals surface area contributed by atoms with Gasteiger partial charge in [0.05, 0.1) is 12.0 Å². The number of carbonyl (C=O) groups is 2. The first-order valence-corrected chi connectivity index (χ1v) is 9.68. The van der Waals surface area contributed by atoms with Crippen molar-refractivity contribution in [3.05, 3.63) is 0 Å². The fraction of sp³-hybridized carbons (Fsp3) is 0.895. The van der Waals surface area contributed by atoms with E-state index in [9.17, 15) is 9.59 Å². The fourth-order valence-corrected chi connectivity index (χ4v) is 3.47. The molecule has 2 heterocycles. The van der Waals surface area contributed by atoms with Gasteiger partial charge in [0.2, 0.25) is 5.91 Å². The number of likely N-dealkylation sites (tertiary alicyclic amines) is 1. The third kappa shape index (κ3) is 6.17. The van der Waals surface area contributed by atoms with Crippen LogP contribution in [0.1, 0.15) is 59.8 Å². The van der Waals surface area contributed by atoms with Crippen LogP contribution in [0.3, 0.4) is 0 Å². The summed E-state index contributed by atoms with van der Waals surface area (Å²) in [6.45, 7) is 10.9. The molecule has 0 radical (unpaired) electrons. The zero-order valence-electron chi connectivity index (χ0n) is 16.3. The molecule has 2 amide bonds. The summed E-state index contributed by atoms with van der Waals surface area (Å²) in [6, 6.07) is 0. The van der Waals surface area contributed by atoms with Gasteiger partial charge in [0.1, 0.15) is 5.60 Å². The van der Waals surface area contributed by atoms with Crippen LogP contribution in [0.15, 0.2) is 0 Å². The Morgan fingerprint density at radius 3 is 2.60 bits per heavy atom. The molecular formula is C19H34N2O4. The molecule has 6 heteroatoms. The maximum atomic E-state index is 13.0. The van der Waals surface area contributed by atoms with Crippen molar-refractivity contribution < 1.29 is 19.1 Å². The monoisotopic (exact) mass is 354 g/mol. The number of ether oxygens (including phenoxy) is 2. The number of amides is 2. The van der Waals surface area contributed by atoms with Gasteiger partial charge in [-0.15, -0.1) is 0 Å². The molecule has 0 aromatic heterocycles. The zero-order valence-corrected chi connectivity index (χ0v) is 16.3. The Hall–Kier alpha value is -1.30. The first kappa shape index (κ1) is 20.0. The van der Waals surface area contributed by atoms with E-state index in [1.807, 2.05) is 25.7 Å². The van der Waals surface area contributed by atoms with Crippen molar-refractivity contribution in [2.24, 2.45) is 5.92 Å². The lowest BCUT2D eigenvalue weighted by atomic mass is 10.0. The maximum Gasteiger partial charge on any atom is 0.410 e. The number of rotatable bonds is 5. The highest BCUT2D eigenvalue weighted by Crippen LogP contribution is 2.23. The predicted molar refractivity (Wildman–Crippen MR) is 96.4 cm³/mol. The summed E-state index contributed by atoms with van der Waals surface area (Å²) in [7, 11) is 0. The molecule has 2 saturated heterocycles. The van der Waals surface area contributed by atoms with Gasteiger partial charge < -0.3 is 19.3 Å². The molecule has 0 aromatic carbocycles. The van der Waals surface area contributed by atoms with E-state index in [0.29, 0.717) is 26.1 Å². The largest absolute Gasteiger partial charge is 0.444 e. The van der Waals surface area contributed by atoms with Crippen LogP contribution in [0.2, 0.25) is 0 Å². The van der Waals surface area contributed by atoms with Gasteiger partial charge in [-0.25, -0.2) is 4.79 Å². The van der Waals surface area contributed by atoms with E-state index in [4.69, 9.17) is 9.47 Å². The summed E-state index contributed by atoms with van der Waals surface area (Å²) in [5.74, 6) is 0.0322. The molecule has 2 unspecified atom stereocenters. The molecule has 0 spiro atoms. The van der Waals surface area contributed by atoms with Crippen molar-refractivity contribution in [3.63, 3.8) is 0 Å². The molecule has 2 fully saturated rings. The Bertz CT molecular complexity index is 455. The molecular weight excluding hydrogens is 320 g/mol. The Balaban J connectivity index is 1.89. The first-order valence-electron chi connectivity index (χ1n) is 9.68. The zero-order chi connectivity index (χ0) is 18.4.